The second kappa shape index (κ2) is 6.89. The number of carbonyl (C=O) groups excluding carboxylic acids is 1. The number of primary amides is 1. The minimum absolute atomic E-state index is 0.288. The van der Waals surface area contributed by atoms with Gasteiger partial charge in [-0.05, 0) is 63.0 Å². The Labute approximate surface area is 125 Å². The molecule has 0 spiro atoms. The van der Waals surface area contributed by atoms with Crippen molar-refractivity contribution in [3.8, 4) is 0 Å². The monoisotopic (exact) mass is 293 g/mol. The summed E-state index contributed by atoms with van der Waals surface area (Å²) in [6.07, 6.45) is 3.42. The lowest BCUT2D eigenvalue weighted by atomic mass is 9.89. The van der Waals surface area contributed by atoms with Crippen LogP contribution in [0.15, 0.2) is 24.3 Å². The molecule has 4 nitrogen and oxygen atoms in total. The number of benzene rings is 1. The molecule has 1 aromatic carbocycles. The molecule has 0 aliphatic carbocycles. The largest absolute Gasteiger partial charge is 0.371 e. The summed E-state index contributed by atoms with van der Waals surface area (Å²) in [6.45, 7) is 5.05. The fourth-order valence-electron chi connectivity index (χ4n) is 2.97. The average molecular weight is 293 g/mol. The van der Waals surface area contributed by atoms with E-state index in [4.69, 9.17) is 5.73 Å². The van der Waals surface area contributed by atoms with Gasteiger partial charge >= 0.3 is 0 Å². The number of nitrogens with two attached hydrogens (primary N) is 1. The number of amides is 1. The fourth-order valence-corrected chi connectivity index (χ4v) is 2.97. The van der Waals surface area contributed by atoms with Gasteiger partial charge in [0.15, 0.2) is 0 Å². The number of likely N-dealkylation sites (tertiary alicyclic amines) is 1. The Bertz CT molecular complexity index is 477. The van der Waals surface area contributed by atoms with Crippen LogP contribution in [0.1, 0.15) is 32.6 Å². The number of rotatable bonds is 5. The van der Waals surface area contributed by atoms with E-state index < -0.39 is 5.54 Å². The summed E-state index contributed by atoms with van der Waals surface area (Å²) in [5.41, 5.74) is 5.67. The number of hydrogen-bond donors (Lipinski definition) is 2. The van der Waals surface area contributed by atoms with Crippen LogP contribution in [0.5, 0.6) is 0 Å². The number of nitrogens with zero attached hydrogens (tertiary/aromatic N) is 1. The first kappa shape index (κ1) is 15.8. The van der Waals surface area contributed by atoms with Crippen LogP contribution in [0.2, 0.25) is 0 Å². The van der Waals surface area contributed by atoms with Gasteiger partial charge in [-0.15, -0.1) is 0 Å². The van der Waals surface area contributed by atoms with Crippen LogP contribution in [-0.2, 0) is 4.79 Å². The SMILES string of the molecule is CCCN1CCCC(Nc2ccc(F)cc2)(C(N)=O)CC1. The van der Waals surface area contributed by atoms with Crippen LogP contribution in [0, 0.1) is 5.82 Å². The molecule has 0 radical (unpaired) electrons. The molecule has 1 saturated heterocycles. The van der Waals surface area contributed by atoms with Gasteiger partial charge in [-0.3, -0.25) is 4.79 Å². The fraction of sp³-hybridized carbons (Fsp3) is 0.562. The molecule has 1 amide bonds. The Balaban J connectivity index is 2.13. The van der Waals surface area contributed by atoms with Crippen LogP contribution < -0.4 is 11.1 Å². The molecule has 1 aromatic rings. The predicted octanol–water partition coefficient (Wildman–Crippen LogP) is 2.36. The Morgan fingerprint density at radius 2 is 2.05 bits per heavy atom. The molecule has 1 aliphatic rings. The van der Waals surface area contributed by atoms with Crippen molar-refractivity contribution in [1.29, 1.82) is 0 Å². The molecule has 3 N–H and O–H groups in total. The van der Waals surface area contributed by atoms with Crippen LogP contribution >= 0.6 is 0 Å². The zero-order valence-electron chi connectivity index (χ0n) is 12.6. The van der Waals surface area contributed by atoms with Crippen molar-refractivity contribution < 1.29 is 9.18 Å². The van der Waals surface area contributed by atoms with E-state index in [2.05, 4.69) is 17.1 Å². The van der Waals surface area contributed by atoms with Crippen molar-refractivity contribution in [1.82, 2.24) is 4.90 Å². The van der Waals surface area contributed by atoms with Gasteiger partial charge in [-0.25, -0.2) is 4.39 Å². The minimum atomic E-state index is -0.736. The van der Waals surface area contributed by atoms with Crippen LogP contribution in [0.4, 0.5) is 10.1 Å². The zero-order chi connectivity index (χ0) is 15.3. The highest BCUT2D eigenvalue weighted by Crippen LogP contribution is 2.27. The Kier molecular flexibility index (Phi) is 5.17. The van der Waals surface area contributed by atoms with Gasteiger partial charge < -0.3 is 16.0 Å². The highest BCUT2D eigenvalue weighted by Gasteiger charge is 2.38. The quantitative estimate of drug-likeness (QED) is 0.876. The third kappa shape index (κ3) is 3.94. The van der Waals surface area contributed by atoms with Crippen molar-refractivity contribution in [2.24, 2.45) is 5.73 Å². The van der Waals surface area contributed by atoms with Crippen molar-refractivity contribution >= 4 is 11.6 Å². The first-order valence-electron chi connectivity index (χ1n) is 7.62. The van der Waals surface area contributed by atoms with Crippen molar-refractivity contribution in [2.75, 3.05) is 25.0 Å². The number of hydrogen-bond acceptors (Lipinski definition) is 3. The van der Waals surface area contributed by atoms with E-state index in [9.17, 15) is 9.18 Å². The van der Waals surface area contributed by atoms with Crippen molar-refractivity contribution in [2.45, 2.75) is 38.1 Å². The summed E-state index contributed by atoms with van der Waals surface area (Å²) in [6, 6.07) is 6.07. The predicted molar refractivity (Wildman–Crippen MR) is 82.5 cm³/mol. The highest BCUT2D eigenvalue weighted by atomic mass is 19.1. The summed E-state index contributed by atoms with van der Waals surface area (Å²) in [7, 11) is 0. The van der Waals surface area contributed by atoms with E-state index in [1.165, 1.54) is 12.1 Å². The molecule has 1 heterocycles. The maximum Gasteiger partial charge on any atom is 0.243 e. The van der Waals surface area contributed by atoms with Gasteiger partial charge in [0.05, 0.1) is 0 Å². The van der Waals surface area contributed by atoms with E-state index in [1.54, 1.807) is 12.1 Å². The van der Waals surface area contributed by atoms with Crippen molar-refractivity contribution in [3.63, 3.8) is 0 Å². The van der Waals surface area contributed by atoms with Gasteiger partial charge in [-0.2, -0.15) is 0 Å². The second-order valence-electron chi connectivity index (χ2n) is 5.77. The van der Waals surface area contributed by atoms with Crippen LogP contribution in [-0.4, -0.2) is 36.0 Å². The molecular formula is C16H24FN3O. The van der Waals surface area contributed by atoms with Crippen LogP contribution in [0.25, 0.3) is 0 Å². The lowest BCUT2D eigenvalue weighted by molar-refractivity contribution is -0.122. The topological polar surface area (TPSA) is 58.4 Å². The molecule has 1 unspecified atom stereocenters. The minimum Gasteiger partial charge on any atom is -0.371 e. The summed E-state index contributed by atoms with van der Waals surface area (Å²) < 4.78 is 13.0. The maximum absolute atomic E-state index is 13.0. The molecular weight excluding hydrogens is 269 g/mol. The van der Waals surface area contributed by atoms with Gasteiger partial charge in [0.2, 0.25) is 5.91 Å². The third-order valence-electron chi connectivity index (χ3n) is 4.17. The van der Waals surface area contributed by atoms with E-state index in [1.807, 2.05) is 0 Å². The van der Waals surface area contributed by atoms with E-state index in [-0.39, 0.29) is 11.7 Å². The first-order chi connectivity index (χ1) is 10.1. The normalized spacial score (nSPS) is 23.5. The first-order valence-corrected chi connectivity index (χ1v) is 7.62. The lowest BCUT2D eigenvalue weighted by Gasteiger charge is -2.31. The standard InChI is InChI=1S/C16H24FN3O/c1-2-10-20-11-3-8-16(9-12-20,15(18)21)19-14-6-4-13(17)5-7-14/h4-7,19H,2-3,8-12H2,1H3,(H2,18,21). The Morgan fingerprint density at radius 3 is 2.67 bits per heavy atom. The summed E-state index contributed by atoms with van der Waals surface area (Å²) >= 11 is 0. The van der Waals surface area contributed by atoms with E-state index in [0.717, 1.165) is 38.2 Å². The number of nitrogens with one attached hydrogen (secondary N) is 1. The van der Waals surface area contributed by atoms with E-state index >= 15 is 0 Å². The summed E-state index contributed by atoms with van der Waals surface area (Å²) in [4.78, 5) is 14.4. The second-order valence-corrected chi connectivity index (χ2v) is 5.77. The number of anilines is 1. The molecule has 0 aromatic heterocycles. The smallest absolute Gasteiger partial charge is 0.243 e. The highest BCUT2D eigenvalue weighted by molar-refractivity contribution is 5.88. The maximum atomic E-state index is 13.0. The van der Waals surface area contributed by atoms with Gasteiger partial charge in [0.25, 0.3) is 0 Å². The summed E-state index contributed by atoms with van der Waals surface area (Å²) in [5.74, 6) is -0.617. The third-order valence-corrected chi connectivity index (χ3v) is 4.17. The zero-order valence-corrected chi connectivity index (χ0v) is 12.6. The lowest BCUT2D eigenvalue weighted by Crippen LogP contribution is -2.51. The average Bonchev–Trinajstić information content (AvgIpc) is 2.66. The molecule has 5 heteroatoms. The Hall–Kier alpha value is -1.62. The molecule has 1 atom stereocenters. The molecule has 116 valence electrons. The molecule has 1 aliphatic heterocycles. The summed E-state index contributed by atoms with van der Waals surface area (Å²) in [5, 5.41) is 3.26. The molecule has 21 heavy (non-hydrogen) atoms. The molecule has 1 fully saturated rings. The van der Waals surface area contributed by atoms with Gasteiger partial charge in [0, 0.05) is 12.2 Å². The van der Waals surface area contributed by atoms with Crippen LogP contribution in [0.3, 0.4) is 0 Å². The number of halogens is 1. The molecule has 0 saturated carbocycles. The van der Waals surface area contributed by atoms with E-state index in [0.29, 0.717) is 12.8 Å². The van der Waals surface area contributed by atoms with Crippen molar-refractivity contribution in [3.05, 3.63) is 30.1 Å². The number of carbonyl (C=O) groups is 1. The van der Waals surface area contributed by atoms with Gasteiger partial charge in [-0.1, -0.05) is 6.92 Å². The van der Waals surface area contributed by atoms with Gasteiger partial charge in [0.1, 0.15) is 11.4 Å². The molecule has 0 bridgehead atoms. The Morgan fingerprint density at radius 1 is 1.33 bits per heavy atom. The molecule has 2 rings (SSSR count).